The minimum Gasteiger partial charge on any atom is -0.506 e. The molecule has 0 radical (unpaired) electrons. The van der Waals surface area contributed by atoms with Gasteiger partial charge >= 0.3 is 5.97 Å². The van der Waals surface area contributed by atoms with Gasteiger partial charge in [-0.1, -0.05) is 12.1 Å². The summed E-state index contributed by atoms with van der Waals surface area (Å²) in [5.41, 5.74) is 3.29. The minimum absolute atomic E-state index is 0.0285. The van der Waals surface area contributed by atoms with Gasteiger partial charge in [0.05, 0.1) is 18.8 Å². The number of aromatic carboxylic acids is 1. The van der Waals surface area contributed by atoms with Gasteiger partial charge in [-0.05, 0) is 35.9 Å². The van der Waals surface area contributed by atoms with Gasteiger partial charge < -0.3 is 19.8 Å². The molecular weight excluding hydrogens is 332 g/mol. The lowest BCUT2D eigenvalue weighted by atomic mass is 10.0. The molecule has 0 spiro atoms. The quantitative estimate of drug-likeness (QED) is 0.755. The number of anilines is 1. The lowest BCUT2D eigenvalue weighted by molar-refractivity contribution is 0.0699. The van der Waals surface area contributed by atoms with E-state index in [-0.39, 0.29) is 11.3 Å². The molecule has 2 N–H and O–H groups in total. The maximum Gasteiger partial charge on any atom is 0.336 e. The third kappa shape index (κ3) is 2.95. The third-order valence-corrected chi connectivity index (χ3v) is 4.64. The van der Waals surface area contributed by atoms with Crippen molar-refractivity contribution >= 4 is 22.6 Å². The molecule has 1 saturated heterocycles. The van der Waals surface area contributed by atoms with Crippen molar-refractivity contribution in [2.75, 3.05) is 31.2 Å². The van der Waals surface area contributed by atoms with Crippen LogP contribution in [0.2, 0.25) is 0 Å². The topological polar surface area (TPSA) is 82.9 Å². The van der Waals surface area contributed by atoms with Crippen molar-refractivity contribution in [2.45, 2.75) is 0 Å². The molecule has 1 aromatic heterocycles. The van der Waals surface area contributed by atoms with E-state index in [2.05, 4.69) is 9.88 Å². The van der Waals surface area contributed by atoms with Crippen LogP contribution in [0, 0.1) is 0 Å². The summed E-state index contributed by atoms with van der Waals surface area (Å²) in [6.45, 7) is 3.21. The van der Waals surface area contributed by atoms with Gasteiger partial charge in [0.15, 0.2) is 0 Å². The van der Waals surface area contributed by atoms with E-state index in [1.54, 1.807) is 12.3 Å². The Morgan fingerprint density at radius 3 is 2.46 bits per heavy atom. The summed E-state index contributed by atoms with van der Waals surface area (Å²) >= 11 is 0. The summed E-state index contributed by atoms with van der Waals surface area (Å²) in [5.74, 6) is -1.07. The number of hydrogen-bond donors (Lipinski definition) is 2. The number of pyridine rings is 1. The van der Waals surface area contributed by atoms with E-state index in [4.69, 9.17) is 4.74 Å². The predicted molar refractivity (Wildman–Crippen MR) is 98.8 cm³/mol. The number of benzene rings is 2. The SMILES string of the molecule is O=C(O)c1ccc(O)c2ncc(-c3ccc(N4CCOCC4)cc3)cc12. The second kappa shape index (κ2) is 6.65. The highest BCUT2D eigenvalue weighted by Gasteiger charge is 2.14. The van der Waals surface area contributed by atoms with Crippen molar-refractivity contribution in [1.29, 1.82) is 0 Å². The van der Waals surface area contributed by atoms with E-state index >= 15 is 0 Å². The van der Waals surface area contributed by atoms with Crippen molar-refractivity contribution < 1.29 is 19.7 Å². The van der Waals surface area contributed by atoms with E-state index in [1.165, 1.54) is 12.1 Å². The summed E-state index contributed by atoms with van der Waals surface area (Å²) in [6.07, 6.45) is 1.65. The molecule has 0 saturated carbocycles. The number of rotatable bonds is 3. The molecule has 26 heavy (non-hydrogen) atoms. The first-order valence-corrected chi connectivity index (χ1v) is 8.41. The molecule has 2 heterocycles. The van der Waals surface area contributed by atoms with Crippen molar-refractivity contribution in [2.24, 2.45) is 0 Å². The summed E-state index contributed by atoms with van der Waals surface area (Å²) in [7, 11) is 0. The Morgan fingerprint density at radius 2 is 1.77 bits per heavy atom. The molecular formula is C20H18N2O4. The Morgan fingerprint density at radius 1 is 1.04 bits per heavy atom. The number of nitrogens with zero attached hydrogens (tertiary/aromatic N) is 2. The third-order valence-electron chi connectivity index (χ3n) is 4.64. The molecule has 0 bridgehead atoms. The zero-order valence-corrected chi connectivity index (χ0v) is 14.1. The van der Waals surface area contributed by atoms with Gasteiger partial charge in [0.2, 0.25) is 0 Å². The second-order valence-electron chi connectivity index (χ2n) is 6.20. The number of carbonyl (C=O) groups is 1. The van der Waals surface area contributed by atoms with E-state index in [0.717, 1.165) is 43.1 Å². The minimum atomic E-state index is -1.04. The fourth-order valence-corrected chi connectivity index (χ4v) is 3.24. The van der Waals surface area contributed by atoms with Gasteiger partial charge in [0.25, 0.3) is 0 Å². The van der Waals surface area contributed by atoms with Crippen LogP contribution in [0.1, 0.15) is 10.4 Å². The Bertz CT molecular complexity index is 963. The molecule has 1 fully saturated rings. The average Bonchev–Trinajstić information content (AvgIpc) is 2.68. The van der Waals surface area contributed by atoms with Crippen LogP contribution in [-0.2, 0) is 4.74 Å². The lowest BCUT2D eigenvalue weighted by Crippen LogP contribution is -2.36. The highest BCUT2D eigenvalue weighted by Crippen LogP contribution is 2.31. The Labute approximate surface area is 150 Å². The molecule has 0 unspecified atom stereocenters. The highest BCUT2D eigenvalue weighted by molar-refractivity contribution is 6.05. The maximum atomic E-state index is 11.5. The van der Waals surface area contributed by atoms with Crippen molar-refractivity contribution in [3.8, 4) is 16.9 Å². The highest BCUT2D eigenvalue weighted by atomic mass is 16.5. The van der Waals surface area contributed by atoms with Crippen LogP contribution in [-0.4, -0.2) is 47.5 Å². The van der Waals surface area contributed by atoms with Gasteiger partial charge in [-0.2, -0.15) is 0 Å². The van der Waals surface area contributed by atoms with E-state index < -0.39 is 5.97 Å². The summed E-state index contributed by atoms with van der Waals surface area (Å²) < 4.78 is 5.38. The monoisotopic (exact) mass is 350 g/mol. The Balaban J connectivity index is 1.72. The number of ether oxygens (including phenoxy) is 1. The average molecular weight is 350 g/mol. The van der Waals surface area contributed by atoms with Crippen LogP contribution in [0.5, 0.6) is 5.75 Å². The zero-order chi connectivity index (χ0) is 18.1. The normalized spacial score (nSPS) is 14.5. The van der Waals surface area contributed by atoms with Gasteiger partial charge in [-0.15, -0.1) is 0 Å². The van der Waals surface area contributed by atoms with Crippen molar-refractivity contribution in [1.82, 2.24) is 4.98 Å². The molecule has 0 aliphatic carbocycles. The van der Waals surface area contributed by atoms with Gasteiger partial charge in [0.1, 0.15) is 11.3 Å². The first-order valence-electron chi connectivity index (χ1n) is 8.41. The van der Waals surface area contributed by atoms with Gasteiger partial charge in [0, 0.05) is 35.9 Å². The Kier molecular flexibility index (Phi) is 4.18. The van der Waals surface area contributed by atoms with Crippen LogP contribution in [0.15, 0.2) is 48.7 Å². The van der Waals surface area contributed by atoms with Crippen LogP contribution in [0.3, 0.4) is 0 Å². The summed E-state index contributed by atoms with van der Waals surface area (Å²) in [4.78, 5) is 18.0. The number of aromatic nitrogens is 1. The van der Waals surface area contributed by atoms with Crippen molar-refractivity contribution in [3.05, 3.63) is 54.2 Å². The number of carboxylic acid groups (broad SMARTS) is 1. The number of carboxylic acids is 1. The molecule has 1 aliphatic rings. The van der Waals surface area contributed by atoms with E-state index in [0.29, 0.717) is 10.9 Å². The summed E-state index contributed by atoms with van der Waals surface area (Å²) in [6, 6.07) is 12.6. The molecule has 1 aliphatic heterocycles. The largest absolute Gasteiger partial charge is 0.506 e. The molecule has 6 nitrogen and oxygen atoms in total. The number of aromatic hydroxyl groups is 1. The van der Waals surface area contributed by atoms with Crippen LogP contribution < -0.4 is 4.90 Å². The predicted octanol–water partition coefficient (Wildman–Crippen LogP) is 3.14. The first kappa shape index (κ1) is 16.4. The molecule has 0 amide bonds. The molecule has 6 heteroatoms. The molecule has 132 valence electrons. The van der Waals surface area contributed by atoms with E-state index in [9.17, 15) is 15.0 Å². The maximum absolute atomic E-state index is 11.5. The molecule has 0 atom stereocenters. The zero-order valence-electron chi connectivity index (χ0n) is 14.1. The second-order valence-corrected chi connectivity index (χ2v) is 6.20. The number of morpholine rings is 1. The number of hydrogen-bond acceptors (Lipinski definition) is 5. The van der Waals surface area contributed by atoms with Crippen LogP contribution in [0.4, 0.5) is 5.69 Å². The number of phenolic OH excluding ortho intramolecular Hbond substituents is 1. The Hall–Kier alpha value is -3.12. The first-order chi connectivity index (χ1) is 12.6. The molecule has 4 rings (SSSR count). The fraction of sp³-hybridized carbons (Fsp3) is 0.200. The summed E-state index contributed by atoms with van der Waals surface area (Å²) in [5, 5.41) is 19.8. The van der Waals surface area contributed by atoms with Gasteiger partial charge in [-0.3, -0.25) is 4.98 Å². The van der Waals surface area contributed by atoms with Crippen LogP contribution in [0.25, 0.3) is 22.0 Å². The smallest absolute Gasteiger partial charge is 0.336 e. The number of fused-ring (bicyclic) bond motifs is 1. The van der Waals surface area contributed by atoms with Gasteiger partial charge in [-0.25, -0.2) is 4.79 Å². The van der Waals surface area contributed by atoms with Crippen LogP contribution >= 0.6 is 0 Å². The lowest BCUT2D eigenvalue weighted by Gasteiger charge is -2.28. The van der Waals surface area contributed by atoms with Crippen molar-refractivity contribution in [3.63, 3.8) is 0 Å². The molecule has 3 aromatic rings. The molecule has 2 aromatic carbocycles. The number of phenols is 1. The standard InChI is InChI=1S/C20H18N2O4/c23-18-6-5-16(20(24)25)17-11-14(12-21-19(17)18)13-1-3-15(4-2-13)22-7-9-26-10-8-22/h1-6,11-12,23H,7-10H2,(H,24,25). The fourth-order valence-electron chi connectivity index (χ4n) is 3.24. The van der Waals surface area contributed by atoms with E-state index in [1.807, 2.05) is 24.3 Å².